The first-order chi connectivity index (χ1) is 7.79. The molecule has 16 heavy (non-hydrogen) atoms. The molecule has 0 aromatic carbocycles. The summed E-state index contributed by atoms with van der Waals surface area (Å²) in [7, 11) is 2.21. The lowest BCUT2D eigenvalue weighted by atomic mass is 9.97. The van der Waals surface area contributed by atoms with Gasteiger partial charge in [0.25, 0.3) is 0 Å². The Hall–Kier alpha value is -0.590. The second-order valence-corrected chi connectivity index (χ2v) is 5.45. The fraction of sp³-hybridized carbons (Fsp3) is 0.923. The van der Waals surface area contributed by atoms with Gasteiger partial charge in [0.15, 0.2) is 0 Å². The number of hydrogen-bond acceptors (Lipinski definition) is 3. The van der Waals surface area contributed by atoms with E-state index in [-0.39, 0.29) is 5.92 Å². The van der Waals surface area contributed by atoms with Crippen molar-refractivity contribution in [3.05, 3.63) is 0 Å². The van der Waals surface area contributed by atoms with Crippen LogP contribution in [0.5, 0.6) is 0 Å². The van der Waals surface area contributed by atoms with Crippen molar-refractivity contribution in [1.82, 2.24) is 10.2 Å². The molecule has 0 amide bonds. The van der Waals surface area contributed by atoms with E-state index < -0.39 is 0 Å². The van der Waals surface area contributed by atoms with E-state index in [0.29, 0.717) is 6.04 Å². The molecule has 1 aliphatic heterocycles. The largest absolute Gasteiger partial charge is 0.312 e. The fourth-order valence-corrected chi connectivity index (χ4v) is 3.12. The Morgan fingerprint density at radius 1 is 1.31 bits per heavy atom. The Kier molecular flexibility index (Phi) is 4.20. The summed E-state index contributed by atoms with van der Waals surface area (Å²) in [6, 6.07) is 2.91. The van der Waals surface area contributed by atoms with E-state index in [4.69, 9.17) is 5.26 Å². The van der Waals surface area contributed by atoms with Crippen LogP contribution in [-0.2, 0) is 0 Å². The minimum atomic E-state index is 0.265. The number of nitriles is 1. The summed E-state index contributed by atoms with van der Waals surface area (Å²) in [5, 5.41) is 12.6. The number of piperidine rings is 1. The van der Waals surface area contributed by atoms with Crippen molar-refractivity contribution in [3.63, 3.8) is 0 Å². The van der Waals surface area contributed by atoms with E-state index in [1.54, 1.807) is 0 Å². The minimum absolute atomic E-state index is 0.265. The SMILES string of the molecule is CN1CCCC(CNC2CCCC2C#N)C1. The zero-order valence-corrected chi connectivity index (χ0v) is 10.3. The molecule has 3 heteroatoms. The normalized spacial score (nSPS) is 36.1. The number of hydrogen-bond donors (Lipinski definition) is 1. The lowest BCUT2D eigenvalue weighted by molar-refractivity contribution is 0.201. The molecule has 0 aromatic rings. The summed E-state index contributed by atoms with van der Waals surface area (Å²) in [5.74, 6) is 1.06. The van der Waals surface area contributed by atoms with Crippen LogP contribution in [0.1, 0.15) is 32.1 Å². The molecular weight excluding hydrogens is 198 g/mol. The molecule has 0 radical (unpaired) electrons. The van der Waals surface area contributed by atoms with Crippen molar-refractivity contribution in [2.75, 3.05) is 26.7 Å². The monoisotopic (exact) mass is 221 g/mol. The van der Waals surface area contributed by atoms with Crippen molar-refractivity contribution in [2.45, 2.75) is 38.1 Å². The van der Waals surface area contributed by atoms with Crippen LogP contribution in [0.25, 0.3) is 0 Å². The lowest BCUT2D eigenvalue weighted by Gasteiger charge is -2.31. The van der Waals surface area contributed by atoms with Gasteiger partial charge in [-0.25, -0.2) is 0 Å². The van der Waals surface area contributed by atoms with Gasteiger partial charge in [0.05, 0.1) is 12.0 Å². The van der Waals surface area contributed by atoms with Crippen LogP contribution in [0.2, 0.25) is 0 Å². The van der Waals surface area contributed by atoms with Crippen LogP contribution >= 0.6 is 0 Å². The highest BCUT2D eigenvalue weighted by atomic mass is 15.1. The molecule has 90 valence electrons. The van der Waals surface area contributed by atoms with Gasteiger partial charge in [-0.1, -0.05) is 6.42 Å². The maximum absolute atomic E-state index is 9.02. The van der Waals surface area contributed by atoms with Gasteiger partial charge in [-0.3, -0.25) is 0 Å². The van der Waals surface area contributed by atoms with Gasteiger partial charge in [-0.2, -0.15) is 5.26 Å². The van der Waals surface area contributed by atoms with Crippen LogP contribution in [0.4, 0.5) is 0 Å². The molecule has 0 bridgehead atoms. The highest BCUT2D eigenvalue weighted by Gasteiger charge is 2.27. The van der Waals surface area contributed by atoms with Gasteiger partial charge in [0, 0.05) is 12.6 Å². The molecule has 3 nitrogen and oxygen atoms in total. The third kappa shape index (κ3) is 2.96. The zero-order chi connectivity index (χ0) is 11.4. The van der Waals surface area contributed by atoms with Crippen LogP contribution in [0.15, 0.2) is 0 Å². The van der Waals surface area contributed by atoms with Crippen molar-refractivity contribution >= 4 is 0 Å². The summed E-state index contributed by atoms with van der Waals surface area (Å²) < 4.78 is 0. The molecule has 2 aliphatic rings. The minimum Gasteiger partial charge on any atom is -0.312 e. The average molecular weight is 221 g/mol. The van der Waals surface area contributed by atoms with Crippen LogP contribution in [0, 0.1) is 23.2 Å². The molecule has 2 rings (SSSR count). The summed E-state index contributed by atoms with van der Waals surface area (Å²) in [4.78, 5) is 2.42. The van der Waals surface area contributed by atoms with Crippen molar-refractivity contribution in [3.8, 4) is 6.07 Å². The second kappa shape index (κ2) is 5.65. The van der Waals surface area contributed by atoms with Gasteiger partial charge in [0.1, 0.15) is 0 Å². The Bertz CT molecular complexity index is 258. The predicted octanol–water partition coefficient (Wildman–Crippen LogP) is 1.61. The Labute approximate surface area is 98.8 Å². The van der Waals surface area contributed by atoms with Gasteiger partial charge in [-0.05, 0) is 51.7 Å². The quantitative estimate of drug-likeness (QED) is 0.787. The first-order valence-electron chi connectivity index (χ1n) is 6.61. The van der Waals surface area contributed by atoms with E-state index in [9.17, 15) is 0 Å². The van der Waals surface area contributed by atoms with Crippen molar-refractivity contribution in [2.24, 2.45) is 11.8 Å². The number of nitrogens with one attached hydrogen (secondary N) is 1. The highest BCUT2D eigenvalue weighted by molar-refractivity contribution is 4.96. The summed E-state index contributed by atoms with van der Waals surface area (Å²) >= 11 is 0. The van der Waals surface area contributed by atoms with E-state index in [1.807, 2.05) is 0 Å². The lowest BCUT2D eigenvalue weighted by Crippen LogP contribution is -2.41. The molecular formula is C13H23N3. The molecule has 1 heterocycles. The Morgan fingerprint density at radius 3 is 2.94 bits per heavy atom. The smallest absolute Gasteiger partial charge is 0.0672 e. The third-order valence-corrected chi connectivity index (χ3v) is 4.07. The van der Waals surface area contributed by atoms with E-state index in [2.05, 4.69) is 23.3 Å². The van der Waals surface area contributed by atoms with Crippen LogP contribution < -0.4 is 5.32 Å². The zero-order valence-electron chi connectivity index (χ0n) is 10.3. The molecule has 3 atom stereocenters. The summed E-state index contributed by atoms with van der Waals surface area (Å²) in [6.07, 6.45) is 6.19. The average Bonchev–Trinajstić information content (AvgIpc) is 2.74. The molecule has 0 aromatic heterocycles. The molecule has 1 saturated carbocycles. The van der Waals surface area contributed by atoms with Crippen LogP contribution in [-0.4, -0.2) is 37.6 Å². The van der Waals surface area contributed by atoms with Crippen LogP contribution in [0.3, 0.4) is 0 Å². The second-order valence-electron chi connectivity index (χ2n) is 5.45. The first kappa shape index (κ1) is 11.9. The molecule has 2 fully saturated rings. The first-order valence-corrected chi connectivity index (χ1v) is 6.61. The third-order valence-electron chi connectivity index (χ3n) is 4.07. The molecule has 1 N–H and O–H groups in total. The van der Waals surface area contributed by atoms with Gasteiger partial charge in [-0.15, -0.1) is 0 Å². The maximum atomic E-state index is 9.02. The molecule has 1 aliphatic carbocycles. The van der Waals surface area contributed by atoms with Crippen molar-refractivity contribution < 1.29 is 0 Å². The number of rotatable bonds is 3. The number of likely N-dealkylation sites (tertiary alicyclic amines) is 1. The summed E-state index contributed by atoms with van der Waals surface area (Å²) in [6.45, 7) is 3.57. The fourth-order valence-electron chi connectivity index (χ4n) is 3.12. The highest BCUT2D eigenvalue weighted by Crippen LogP contribution is 2.25. The standard InChI is InChI=1S/C13H23N3/c1-16-7-3-4-11(10-16)9-15-13-6-2-5-12(13)8-14/h11-13,15H,2-7,9-10H2,1H3. The topological polar surface area (TPSA) is 39.1 Å². The molecule has 3 unspecified atom stereocenters. The predicted molar refractivity (Wildman–Crippen MR) is 65.0 cm³/mol. The Morgan fingerprint density at radius 2 is 2.19 bits per heavy atom. The maximum Gasteiger partial charge on any atom is 0.0672 e. The summed E-state index contributed by atoms with van der Waals surface area (Å²) in [5.41, 5.74) is 0. The van der Waals surface area contributed by atoms with Crippen molar-refractivity contribution in [1.29, 1.82) is 5.26 Å². The Balaban J connectivity index is 1.72. The van der Waals surface area contributed by atoms with E-state index >= 15 is 0 Å². The number of nitrogens with zero attached hydrogens (tertiary/aromatic N) is 2. The van der Waals surface area contributed by atoms with Gasteiger partial charge in [0.2, 0.25) is 0 Å². The van der Waals surface area contributed by atoms with E-state index in [1.165, 1.54) is 38.8 Å². The van der Waals surface area contributed by atoms with E-state index in [0.717, 1.165) is 18.9 Å². The molecule has 0 spiro atoms. The van der Waals surface area contributed by atoms with Gasteiger partial charge < -0.3 is 10.2 Å². The van der Waals surface area contributed by atoms with Gasteiger partial charge >= 0.3 is 0 Å². The molecule has 1 saturated heterocycles.